The van der Waals surface area contributed by atoms with E-state index in [0.29, 0.717) is 4.91 Å². The lowest BCUT2D eigenvalue weighted by Gasteiger charge is -2.25. The first-order valence-corrected chi connectivity index (χ1v) is 7.57. The third-order valence-electron chi connectivity index (χ3n) is 2.92. The highest BCUT2D eigenvalue weighted by molar-refractivity contribution is 8.26. The van der Waals surface area contributed by atoms with Crippen LogP contribution < -0.4 is 5.11 Å². The molecule has 0 saturated carbocycles. The first-order valence-electron chi connectivity index (χ1n) is 6.35. The van der Waals surface area contributed by atoms with Crippen LogP contribution in [0.3, 0.4) is 0 Å². The maximum absolute atomic E-state index is 12.2. The molecule has 1 saturated heterocycles. The van der Waals surface area contributed by atoms with Gasteiger partial charge in [0, 0.05) is 0 Å². The van der Waals surface area contributed by atoms with E-state index >= 15 is 0 Å². The van der Waals surface area contributed by atoms with Gasteiger partial charge in [0.25, 0.3) is 5.91 Å². The molecule has 1 fully saturated rings. The average Bonchev–Trinajstić information content (AvgIpc) is 2.77. The molecule has 2 rings (SSSR count). The van der Waals surface area contributed by atoms with Crippen LogP contribution in [-0.2, 0) is 9.59 Å². The lowest BCUT2D eigenvalue weighted by molar-refractivity contribution is -0.311. The third-order valence-corrected chi connectivity index (χ3v) is 4.26. The molecule has 0 aromatic heterocycles. The monoisotopic (exact) mass is 334 g/mol. The van der Waals surface area contributed by atoms with Crippen molar-refractivity contribution in [2.45, 2.75) is 6.04 Å². The Hall–Kier alpha value is -1.96. The molecule has 1 heterocycles. The summed E-state index contributed by atoms with van der Waals surface area (Å²) in [6, 6.07) is 8.05. The van der Waals surface area contributed by atoms with Gasteiger partial charge in [-0.2, -0.15) is 0 Å². The van der Waals surface area contributed by atoms with Crippen molar-refractivity contribution in [2.75, 3.05) is 6.61 Å². The van der Waals surface area contributed by atoms with Crippen molar-refractivity contribution >= 4 is 46.3 Å². The Morgan fingerprint density at radius 1 is 1.41 bits per heavy atom. The maximum atomic E-state index is 12.2. The number of nitrogens with zero attached hydrogens (tertiary/aromatic N) is 1. The number of thiocarbonyl (C=S) groups is 1. The van der Waals surface area contributed by atoms with E-state index in [2.05, 4.69) is 0 Å². The number of hydrogen-bond donors (Lipinski definition) is 1. The van der Waals surface area contributed by atoms with Crippen LogP contribution in [0.2, 0.25) is 0 Å². The second-order valence-electron chi connectivity index (χ2n) is 4.36. The second-order valence-corrected chi connectivity index (χ2v) is 6.04. The highest BCUT2D eigenvalue weighted by Gasteiger charge is 2.37. The number of rotatable bonds is 5. The lowest BCUT2D eigenvalue weighted by atomic mass is 10.2. The van der Waals surface area contributed by atoms with Gasteiger partial charge in [-0.3, -0.25) is 9.69 Å². The number of allylic oxidation sites excluding steroid dienone is 2. The van der Waals surface area contributed by atoms with Gasteiger partial charge in [-0.15, -0.1) is 0 Å². The number of carbonyl (C=O) groups excluding carboxylic acids is 2. The number of carboxylic acid groups (broad SMARTS) is 1. The van der Waals surface area contributed by atoms with E-state index in [-0.39, 0.29) is 4.32 Å². The summed E-state index contributed by atoms with van der Waals surface area (Å²) >= 11 is 5.99. The number of aliphatic hydroxyl groups excluding tert-OH is 1. The summed E-state index contributed by atoms with van der Waals surface area (Å²) in [6.07, 6.45) is 5.07. The number of thioether (sulfide) groups is 1. The van der Waals surface area contributed by atoms with Gasteiger partial charge in [-0.05, 0) is 11.6 Å². The predicted molar refractivity (Wildman–Crippen MR) is 86.5 cm³/mol. The predicted octanol–water partition coefficient (Wildman–Crippen LogP) is 0.555. The van der Waals surface area contributed by atoms with Gasteiger partial charge in [0.2, 0.25) is 0 Å². The van der Waals surface area contributed by atoms with Crippen molar-refractivity contribution in [1.82, 2.24) is 4.90 Å². The van der Waals surface area contributed by atoms with E-state index in [9.17, 15) is 14.7 Å². The SMILES string of the molecule is O=C([O-])[C@H](CO)N1C(=O)/C(=C/C=C/c2ccccc2)SC1=S. The Labute approximate surface area is 136 Å². The molecule has 0 bridgehead atoms. The summed E-state index contributed by atoms with van der Waals surface area (Å²) in [6.45, 7) is -0.748. The minimum absolute atomic E-state index is 0.0904. The molecule has 1 aliphatic heterocycles. The highest BCUT2D eigenvalue weighted by atomic mass is 32.2. The summed E-state index contributed by atoms with van der Waals surface area (Å²) in [4.78, 5) is 24.3. The van der Waals surface area contributed by atoms with Crippen molar-refractivity contribution in [3.05, 3.63) is 53.0 Å². The smallest absolute Gasteiger partial charge is 0.266 e. The van der Waals surface area contributed by atoms with Crippen molar-refractivity contribution in [3.63, 3.8) is 0 Å². The molecule has 1 amide bonds. The number of aliphatic hydroxyl groups is 1. The number of carboxylic acids is 1. The summed E-state index contributed by atoms with van der Waals surface area (Å²) < 4.78 is 0.0904. The molecule has 0 spiro atoms. The third kappa shape index (κ3) is 3.62. The normalized spacial score (nSPS) is 18.4. The number of hydrogen-bond acceptors (Lipinski definition) is 6. The van der Waals surface area contributed by atoms with Crippen LogP contribution in [-0.4, -0.2) is 38.9 Å². The average molecular weight is 334 g/mol. The fourth-order valence-corrected chi connectivity index (χ4v) is 3.14. The minimum atomic E-state index is -1.54. The van der Waals surface area contributed by atoms with Crippen molar-refractivity contribution in [2.24, 2.45) is 0 Å². The Bertz CT molecular complexity index is 655. The van der Waals surface area contributed by atoms with Crippen LogP contribution >= 0.6 is 24.0 Å². The van der Waals surface area contributed by atoms with Gasteiger partial charge in [0.1, 0.15) is 10.4 Å². The Morgan fingerprint density at radius 2 is 2.09 bits per heavy atom. The van der Waals surface area contributed by atoms with Crippen molar-refractivity contribution < 1.29 is 19.8 Å². The molecule has 22 heavy (non-hydrogen) atoms. The van der Waals surface area contributed by atoms with Gasteiger partial charge in [-0.25, -0.2) is 0 Å². The van der Waals surface area contributed by atoms with Gasteiger partial charge in [0.05, 0.1) is 17.5 Å². The molecule has 1 N–H and O–H groups in total. The zero-order valence-electron chi connectivity index (χ0n) is 11.3. The molecular formula is C15H12NO4S2-. The number of aliphatic carboxylic acids is 1. The maximum Gasteiger partial charge on any atom is 0.266 e. The molecule has 1 aromatic carbocycles. The molecule has 114 valence electrons. The summed E-state index contributed by atoms with van der Waals surface area (Å²) in [5, 5.41) is 20.0. The van der Waals surface area contributed by atoms with E-state index < -0.39 is 24.5 Å². The van der Waals surface area contributed by atoms with Crippen LogP contribution in [0.1, 0.15) is 5.56 Å². The first kappa shape index (κ1) is 16.4. The molecule has 5 nitrogen and oxygen atoms in total. The van der Waals surface area contributed by atoms with Crippen molar-refractivity contribution in [1.29, 1.82) is 0 Å². The highest BCUT2D eigenvalue weighted by Crippen LogP contribution is 2.32. The fourth-order valence-electron chi connectivity index (χ4n) is 1.83. The molecule has 1 aliphatic rings. The Kier molecular flexibility index (Phi) is 5.48. The lowest BCUT2D eigenvalue weighted by Crippen LogP contribution is -2.51. The molecule has 7 heteroatoms. The van der Waals surface area contributed by atoms with Gasteiger partial charge >= 0.3 is 0 Å². The quantitative estimate of drug-likeness (QED) is 0.626. The molecule has 0 unspecified atom stereocenters. The van der Waals surface area contributed by atoms with Crippen LogP contribution in [0.5, 0.6) is 0 Å². The second kappa shape index (κ2) is 7.35. The summed E-state index contributed by atoms with van der Waals surface area (Å²) in [5.41, 5.74) is 0.970. The van der Waals surface area contributed by atoms with E-state index in [1.54, 1.807) is 12.2 Å². The van der Waals surface area contributed by atoms with E-state index in [4.69, 9.17) is 17.3 Å². The van der Waals surface area contributed by atoms with Gasteiger partial charge < -0.3 is 15.0 Å². The van der Waals surface area contributed by atoms with Crippen LogP contribution in [0.25, 0.3) is 6.08 Å². The number of benzene rings is 1. The van der Waals surface area contributed by atoms with E-state index in [1.807, 2.05) is 36.4 Å². The number of amides is 1. The molecular weight excluding hydrogens is 322 g/mol. The molecule has 1 aromatic rings. The Morgan fingerprint density at radius 3 is 2.68 bits per heavy atom. The fraction of sp³-hybridized carbons (Fsp3) is 0.133. The van der Waals surface area contributed by atoms with Gasteiger partial charge in [0.15, 0.2) is 0 Å². The minimum Gasteiger partial charge on any atom is -0.548 e. The molecule has 0 radical (unpaired) electrons. The van der Waals surface area contributed by atoms with E-state index in [1.165, 1.54) is 0 Å². The number of carbonyl (C=O) groups is 2. The summed E-state index contributed by atoms with van der Waals surface area (Å²) in [5.74, 6) is -2.09. The van der Waals surface area contributed by atoms with Crippen LogP contribution in [0, 0.1) is 0 Å². The largest absolute Gasteiger partial charge is 0.548 e. The van der Waals surface area contributed by atoms with Crippen LogP contribution in [0.15, 0.2) is 47.4 Å². The van der Waals surface area contributed by atoms with Crippen LogP contribution in [0.4, 0.5) is 0 Å². The van der Waals surface area contributed by atoms with E-state index in [0.717, 1.165) is 22.2 Å². The van der Waals surface area contributed by atoms with Crippen molar-refractivity contribution in [3.8, 4) is 0 Å². The first-order chi connectivity index (χ1) is 10.5. The Balaban J connectivity index is 2.16. The standard InChI is InChI=1S/C15H13NO4S2/c17-9-11(14(19)20)16-13(18)12(22-15(16)21)8-4-7-10-5-2-1-3-6-10/h1-8,11,17H,9H2,(H,19,20)/p-1/b7-4+,12-8-/t11-/m0/s1. The topological polar surface area (TPSA) is 80.7 Å². The zero-order chi connectivity index (χ0) is 16.1. The molecule has 1 atom stereocenters. The molecule has 0 aliphatic carbocycles. The van der Waals surface area contributed by atoms with Gasteiger partial charge in [-0.1, -0.05) is 66.5 Å². The zero-order valence-corrected chi connectivity index (χ0v) is 13.0. The summed E-state index contributed by atoms with van der Waals surface area (Å²) in [7, 11) is 0.